The zero-order valence-corrected chi connectivity index (χ0v) is 7.28. The van der Waals surface area contributed by atoms with Crippen LogP contribution >= 0.6 is 32.3 Å². The summed E-state index contributed by atoms with van der Waals surface area (Å²) in [5.41, 5.74) is 0. The van der Waals surface area contributed by atoms with Gasteiger partial charge in [0.15, 0.2) is 0 Å². The molecule has 0 amide bonds. The van der Waals surface area contributed by atoms with E-state index in [1.54, 1.807) is 12.4 Å². The van der Waals surface area contributed by atoms with Gasteiger partial charge < -0.3 is 0 Å². The first-order chi connectivity index (χ1) is 4.30. The van der Waals surface area contributed by atoms with Gasteiger partial charge in [0.1, 0.15) is 0 Å². The molecule has 0 aliphatic carbocycles. The third-order valence-corrected chi connectivity index (χ3v) is 3.04. The summed E-state index contributed by atoms with van der Waals surface area (Å²) in [6.45, 7) is 0. The van der Waals surface area contributed by atoms with Crippen LogP contribution in [0.4, 0.5) is 0 Å². The molecule has 1 heterocycles. The van der Waals surface area contributed by atoms with E-state index in [0.717, 1.165) is 4.90 Å². The molecule has 0 bridgehead atoms. The SMILES string of the molecule is S[SH](S)c1ccncc1. The van der Waals surface area contributed by atoms with E-state index < -0.39 is 8.96 Å². The number of rotatable bonds is 1. The fourth-order valence-electron chi connectivity index (χ4n) is 0.477. The molecule has 0 aromatic carbocycles. The Morgan fingerprint density at radius 3 is 2.11 bits per heavy atom. The smallest absolute Gasteiger partial charge is 0.0278 e. The molecule has 0 aliphatic rings. The number of thiol groups is 3. The van der Waals surface area contributed by atoms with Crippen LogP contribution in [0.3, 0.4) is 0 Å². The van der Waals surface area contributed by atoms with Crippen LogP contribution in [0, 0.1) is 0 Å². The quantitative estimate of drug-likeness (QED) is 0.441. The second kappa shape index (κ2) is 3.39. The Hall–Kier alpha value is 0.200. The van der Waals surface area contributed by atoms with Gasteiger partial charge in [0, 0.05) is 17.3 Å². The maximum absolute atomic E-state index is 4.19. The fourth-order valence-corrected chi connectivity index (χ4v) is 1.68. The van der Waals surface area contributed by atoms with Crippen molar-refractivity contribution in [2.45, 2.75) is 4.90 Å². The van der Waals surface area contributed by atoms with Crippen molar-refractivity contribution in [3.05, 3.63) is 24.5 Å². The largest absolute Gasteiger partial charge is 0.265 e. The summed E-state index contributed by atoms with van der Waals surface area (Å²) >= 11 is 8.38. The van der Waals surface area contributed by atoms with Gasteiger partial charge >= 0.3 is 0 Å². The Labute approximate surface area is 66.9 Å². The van der Waals surface area contributed by atoms with Crippen molar-refractivity contribution in [1.82, 2.24) is 4.98 Å². The molecule has 1 aromatic rings. The Morgan fingerprint density at radius 1 is 1.22 bits per heavy atom. The molecule has 0 atom stereocenters. The average molecular weight is 177 g/mol. The lowest BCUT2D eigenvalue weighted by Gasteiger charge is -2.04. The van der Waals surface area contributed by atoms with Crippen molar-refractivity contribution in [2.75, 3.05) is 0 Å². The molecule has 0 saturated heterocycles. The molecule has 0 unspecified atom stereocenters. The topological polar surface area (TPSA) is 12.9 Å². The summed E-state index contributed by atoms with van der Waals surface area (Å²) < 4.78 is 0. The van der Waals surface area contributed by atoms with Crippen LogP contribution in [0.5, 0.6) is 0 Å². The van der Waals surface area contributed by atoms with Crippen molar-refractivity contribution in [3.8, 4) is 0 Å². The van der Waals surface area contributed by atoms with Crippen molar-refractivity contribution < 1.29 is 0 Å². The van der Waals surface area contributed by atoms with Gasteiger partial charge in [-0.25, -0.2) is 0 Å². The lowest BCUT2D eigenvalue weighted by Crippen LogP contribution is -1.69. The normalized spacial score (nSPS) is 11.1. The molecule has 0 N–H and O–H groups in total. The Morgan fingerprint density at radius 2 is 1.78 bits per heavy atom. The molecule has 4 heteroatoms. The zero-order chi connectivity index (χ0) is 6.69. The fraction of sp³-hybridized carbons (Fsp3) is 0. The van der Waals surface area contributed by atoms with E-state index in [1.807, 2.05) is 12.1 Å². The predicted molar refractivity (Wildman–Crippen MR) is 49.5 cm³/mol. The number of hydrogen-bond donors (Lipinski definition) is 3. The zero-order valence-electron chi connectivity index (χ0n) is 4.60. The van der Waals surface area contributed by atoms with Crippen molar-refractivity contribution in [3.63, 3.8) is 0 Å². The van der Waals surface area contributed by atoms with Gasteiger partial charge in [0.25, 0.3) is 0 Å². The second-order valence-corrected chi connectivity index (χ2v) is 5.94. The van der Waals surface area contributed by atoms with Crippen LogP contribution in [0.15, 0.2) is 29.4 Å². The van der Waals surface area contributed by atoms with Crippen molar-refractivity contribution in [1.29, 1.82) is 0 Å². The van der Waals surface area contributed by atoms with Gasteiger partial charge in [0.05, 0.1) is 0 Å². The molecule has 0 radical (unpaired) electrons. The number of pyridine rings is 1. The van der Waals surface area contributed by atoms with Crippen LogP contribution < -0.4 is 0 Å². The number of hydrogen-bond acceptors (Lipinski definition) is 3. The van der Waals surface area contributed by atoms with Gasteiger partial charge in [-0.1, -0.05) is 0 Å². The highest BCUT2D eigenvalue weighted by Gasteiger charge is 1.91. The molecular formula is C5H7NS3. The maximum atomic E-state index is 4.19. The van der Waals surface area contributed by atoms with Gasteiger partial charge in [-0.15, -0.1) is 32.3 Å². The maximum Gasteiger partial charge on any atom is 0.0278 e. The summed E-state index contributed by atoms with van der Waals surface area (Å²) in [5, 5.41) is 0. The van der Waals surface area contributed by atoms with Crippen LogP contribution in [0.25, 0.3) is 0 Å². The lowest BCUT2D eigenvalue weighted by atomic mass is 10.5. The van der Waals surface area contributed by atoms with E-state index in [4.69, 9.17) is 0 Å². The Bertz CT molecular complexity index is 175. The van der Waals surface area contributed by atoms with E-state index in [0.29, 0.717) is 0 Å². The van der Waals surface area contributed by atoms with Gasteiger partial charge in [-0.05, 0) is 12.1 Å². The standard InChI is InChI=1S/C5H7NS3/c7-9(8)5-1-3-6-4-2-5/h1-4,7-9H. The van der Waals surface area contributed by atoms with Crippen molar-refractivity contribution in [2.24, 2.45) is 0 Å². The molecule has 0 saturated carbocycles. The van der Waals surface area contributed by atoms with Crippen LogP contribution in [0.1, 0.15) is 0 Å². The predicted octanol–water partition coefficient (Wildman–Crippen LogP) is 2.13. The van der Waals surface area contributed by atoms with E-state index >= 15 is 0 Å². The van der Waals surface area contributed by atoms with Crippen LogP contribution in [-0.4, -0.2) is 4.98 Å². The second-order valence-electron chi connectivity index (χ2n) is 1.49. The summed E-state index contributed by atoms with van der Waals surface area (Å²) in [7, 11) is -0.547. The molecule has 0 fully saturated rings. The highest BCUT2D eigenvalue weighted by molar-refractivity contribution is 9.09. The minimum Gasteiger partial charge on any atom is -0.265 e. The summed E-state index contributed by atoms with van der Waals surface area (Å²) in [6, 6.07) is 3.84. The minimum atomic E-state index is -0.547. The monoisotopic (exact) mass is 177 g/mol. The number of aromatic nitrogens is 1. The van der Waals surface area contributed by atoms with Gasteiger partial charge in [-0.3, -0.25) is 4.98 Å². The first-order valence-corrected chi connectivity index (χ1v) is 6.03. The Balaban J connectivity index is 2.85. The van der Waals surface area contributed by atoms with E-state index in [2.05, 4.69) is 28.3 Å². The van der Waals surface area contributed by atoms with Gasteiger partial charge in [-0.2, -0.15) is 0 Å². The van der Waals surface area contributed by atoms with Crippen LogP contribution in [0.2, 0.25) is 0 Å². The molecule has 0 aliphatic heterocycles. The van der Waals surface area contributed by atoms with E-state index in [1.165, 1.54) is 0 Å². The Kier molecular flexibility index (Phi) is 2.75. The molecule has 50 valence electrons. The molecule has 1 nitrogen and oxygen atoms in total. The molecule has 0 spiro atoms. The first kappa shape index (κ1) is 7.31. The molecule has 1 aromatic heterocycles. The summed E-state index contributed by atoms with van der Waals surface area (Å²) in [4.78, 5) is 5.02. The number of nitrogens with zero attached hydrogens (tertiary/aromatic N) is 1. The summed E-state index contributed by atoms with van der Waals surface area (Å²) in [6.07, 6.45) is 3.49. The average Bonchev–Trinajstić information content (AvgIpc) is 1.90. The molecule has 9 heavy (non-hydrogen) atoms. The van der Waals surface area contributed by atoms with E-state index in [-0.39, 0.29) is 0 Å². The van der Waals surface area contributed by atoms with Gasteiger partial charge in [0.2, 0.25) is 0 Å². The third-order valence-electron chi connectivity index (χ3n) is 0.894. The highest BCUT2D eigenvalue weighted by atomic mass is 33.5. The van der Waals surface area contributed by atoms with Crippen LogP contribution in [-0.2, 0) is 0 Å². The third kappa shape index (κ3) is 2.12. The van der Waals surface area contributed by atoms with Crippen molar-refractivity contribution >= 4 is 32.3 Å². The minimum absolute atomic E-state index is 0.547. The van der Waals surface area contributed by atoms with E-state index in [9.17, 15) is 0 Å². The summed E-state index contributed by atoms with van der Waals surface area (Å²) in [5.74, 6) is 0. The highest BCUT2D eigenvalue weighted by Crippen LogP contribution is 2.43. The lowest BCUT2D eigenvalue weighted by molar-refractivity contribution is 1.27. The first-order valence-electron chi connectivity index (χ1n) is 2.38. The molecular weight excluding hydrogens is 170 g/mol. The molecule has 1 rings (SSSR count).